The van der Waals surface area contributed by atoms with Crippen LogP contribution in [0.2, 0.25) is 0 Å². The van der Waals surface area contributed by atoms with Crippen LogP contribution in [0.5, 0.6) is 0 Å². The molecule has 2 aliphatic heterocycles. The largest absolute Gasteiger partial charge is 0.381 e. The molecule has 2 aromatic rings. The number of hydrogen-bond donors (Lipinski definition) is 0. The highest BCUT2D eigenvalue weighted by Gasteiger charge is 2.27. The lowest BCUT2D eigenvalue weighted by Crippen LogP contribution is -2.41. The second-order valence-corrected chi connectivity index (χ2v) is 7.48. The van der Waals surface area contributed by atoms with Crippen LogP contribution in [-0.4, -0.2) is 52.3 Å². The Hall–Kier alpha value is -1.76. The van der Waals surface area contributed by atoms with Crippen LogP contribution in [0.3, 0.4) is 0 Å². The molecule has 0 aliphatic carbocycles. The van der Waals surface area contributed by atoms with Gasteiger partial charge in [0.25, 0.3) is 0 Å². The van der Waals surface area contributed by atoms with Gasteiger partial charge in [-0.05, 0) is 37.8 Å². The minimum Gasteiger partial charge on any atom is -0.381 e. The number of aryl methyl sites for hydroxylation is 1. The number of aromatic nitrogens is 3. The smallest absolute Gasteiger partial charge is 0.0952 e. The van der Waals surface area contributed by atoms with Crippen LogP contribution in [0.25, 0.3) is 0 Å². The van der Waals surface area contributed by atoms with E-state index in [-0.39, 0.29) is 0 Å². The van der Waals surface area contributed by atoms with Gasteiger partial charge in [-0.2, -0.15) is 0 Å². The van der Waals surface area contributed by atoms with Gasteiger partial charge in [0.15, 0.2) is 0 Å². The summed E-state index contributed by atoms with van der Waals surface area (Å²) in [5.41, 5.74) is 3.31. The molecule has 1 atom stereocenters. The maximum absolute atomic E-state index is 6.02. The second-order valence-electron chi connectivity index (χ2n) is 7.48. The lowest BCUT2D eigenvalue weighted by atomic mass is 9.99. The number of ether oxygens (including phenoxy) is 2. The molecule has 0 radical (unpaired) electrons. The first kappa shape index (κ1) is 17.6. The Kier molecular flexibility index (Phi) is 5.62. The Labute approximate surface area is 155 Å². The van der Waals surface area contributed by atoms with Crippen LogP contribution in [0.4, 0.5) is 0 Å². The van der Waals surface area contributed by atoms with Crippen LogP contribution < -0.4 is 0 Å². The average molecular weight is 356 g/mol. The molecule has 1 saturated heterocycles. The molecule has 0 amide bonds. The predicted molar refractivity (Wildman–Crippen MR) is 98.7 cm³/mol. The van der Waals surface area contributed by atoms with Gasteiger partial charge in [0.1, 0.15) is 0 Å². The Bertz CT molecular complexity index is 711. The fourth-order valence-corrected chi connectivity index (χ4v) is 4.01. The molecule has 0 spiro atoms. The first-order valence-corrected chi connectivity index (χ1v) is 9.59. The minimum absolute atomic E-state index is 0.311. The molecule has 6 nitrogen and oxygen atoms in total. The fourth-order valence-electron chi connectivity index (χ4n) is 4.01. The van der Waals surface area contributed by atoms with Gasteiger partial charge in [-0.25, -0.2) is 4.98 Å². The fraction of sp³-hybridized carbons (Fsp3) is 0.600. The molecule has 26 heavy (non-hydrogen) atoms. The van der Waals surface area contributed by atoms with Gasteiger partial charge >= 0.3 is 0 Å². The number of hydrogen-bond acceptors (Lipinski definition) is 5. The van der Waals surface area contributed by atoms with Crippen molar-refractivity contribution in [3.8, 4) is 0 Å². The van der Waals surface area contributed by atoms with E-state index in [1.165, 1.54) is 18.5 Å². The van der Waals surface area contributed by atoms with Gasteiger partial charge < -0.3 is 14.0 Å². The molecule has 0 N–H and O–H groups in total. The van der Waals surface area contributed by atoms with E-state index in [1.54, 1.807) is 0 Å². The third kappa shape index (κ3) is 4.31. The first-order chi connectivity index (χ1) is 12.8. The van der Waals surface area contributed by atoms with Crippen molar-refractivity contribution in [3.05, 3.63) is 47.8 Å². The van der Waals surface area contributed by atoms with Crippen LogP contribution in [0, 0.1) is 12.8 Å². The van der Waals surface area contributed by atoms with Crippen LogP contribution in [-0.2, 0) is 22.6 Å². The molecular formula is C20H28N4O2. The number of rotatable bonds is 6. The average Bonchev–Trinajstić information content (AvgIpc) is 3.11. The molecule has 0 saturated carbocycles. The summed E-state index contributed by atoms with van der Waals surface area (Å²) in [6.45, 7) is 8.21. The van der Waals surface area contributed by atoms with Gasteiger partial charge in [0.2, 0.25) is 0 Å². The molecule has 6 heteroatoms. The molecule has 4 heterocycles. The molecular weight excluding hydrogens is 328 g/mol. The summed E-state index contributed by atoms with van der Waals surface area (Å²) in [7, 11) is 0. The van der Waals surface area contributed by atoms with Crippen molar-refractivity contribution in [1.82, 2.24) is 19.4 Å². The predicted octanol–water partition coefficient (Wildman–Crippen LogP) is 2.59. The van der Waals surface area contributed by atoms with Gasteiger partial charge in [-0.1, -0.05) is 6.07 Å². The molecule has 140 valence electrons. The normalized spacial score (nSPS) is 21.7. The summed E-state index contributed by atoms with van der Waals surface area (Å²) in [5, 5.41) is 0. The molecule has 0 aromatic carbocycles. The lowest BCUT2D eigenvalue weighted by molar-refractivity contribution is 0.0309. The van der Waals surface area contributed by atoms with Crippen LogP contribution in [0.15, 0.2) is 30.7 Å². The number of nitrogens with zero attached hydrogens (tertiary/aromatic N) is 4. The zero-order chi connectivity index (χ0) is 17.8. The topological polar surface area (TPSA) is 52.4 Å². The van der Waals surface area contributed by atoms with Crippen molar-refractivity contribution in [2.45, 2.75) is 39.0 Å². The highest BCUT2D eigenvalue weighted by molar-refractivity contribution is 5.09. The Morgan fingerprint density at radius 2 is 2.15 bits per heavy atom. The van der Waals surface area contributed by atoms with E-state index >= 15 is 0 Å². The van der Waals surface area contributed by atoms with E-state index in [1.807, 2.05) is 37.6 Å². The highest BCUT2D eigenvalue weighted by Crippen LogP contribution is 2.24. The van der Waals surface area contributed by atoms with Crippen LogP contribution >= 0.6 is 0 Å². The Morgan fingerprint density at radius 3 is 3.00 bits per heavy atom. The molecule has 2 aliphatic rings. The molecule has 1 fully saturated rings. The summed E-state index contributed by atoms with van der Waals surface area (Å²) in [4.78, 5) is 11.4. The van der Waals surface area contributed by atoms with E-state index in [0.29, 0.717) is 19.3 Å². The number of fused-ring (bicyclic) bond motifs is 1. The van der Waals surface area contributed by atoms with Crippen molar-refractivity contribution in [1.29, 1.82) is 0 Å². The maximum atomic E-state index is 6.02. The summed E-state index contributed by atoms with van der Waals surface area (Å²) < 4.78 is 13.8. The van der Waals surface area contributed by atoms with E-state index in [0.717, 1.165) is 50.2 Å². The standard InChI is InChI=1S/C20H28N4O2/c1-16-3-2-4-18(22-16)13-26-14-20-12-23(10-17-5-7-25-8-6-17)11-19-9-21-15-24(19)20/h2-4,9,15,17,20H,5-8,10-14H2,1H3. The zero-order valence-corrected chi connectivity index (χ0v) is 15.5. The van der Waals surface area contributed by atoms with Gasteiger partial charge in [0.05, 0.1) is 37.0 Å². The monoisotopic (exact) mass is 356 g/mol. The van der Waals surface area contributed by atoms with Gasteiger partial charge in [-0.15, -0.1) is 0 Å². The highest BCUT2D eigenvalue weighted by atomic mass is 16.5. The van der Waals surface area contributed by atoms with E-state index in [9.17, 15) is 0 Å². The molecule has 0 bridgehead atoms. The van der Waals surface area contributed by atoms with Crippen molar-refractivity contribution < 1.29 is 9.47 Å². The molecule has 2 aromatic heterocycles. The summed E-state index contributed by atoms with van der Waals surface area (Å²) >= 11 is 0. The Morgan fingerprint density at radius 1 is 1.27 bits per heavy atom. The van der Waals surface area contributed by atoms with Crippen molar-refractivity contribution in [2.75, 3.05) is 32.9 Å². The number of pyridine rings is 1. The van der Waals surface area contributed by atoms with Crippen LogP contribution in [0.1, 0.15) is 36.0 Å². The van der Waals surface area contributed by atoms with E-state index in [2.05, 4.69) is 19.4 Å². The SMILES string of the molecule is Cc1cccc(COCC2CN(CC3CCOCC3)Cc3cncn32)n1. The van der Waals surface area contributed by atoms with Crippen molar-refractivity contribution in [2.24, 2.45) is 5.92 Å². The summed E-state index contributed by atoms with van der Waals surface area (Å²) in [6.07, 6.45) is 6.29. The maximum Gasteiger partial charge on any atom is 0.0952 e. The minimum atomic E-state index is 0.311. The second kappa shape index (κ2) is 8.29. The summed E-state index contributed by atoms with van der Waals surface area (Å²) in [5.74, 6) is 0.747. The van der Waals surface area contributed by atoms with Crippen molar-refractivity contribution in [3.63, 3.8) is 0 Å². The lowest BCUT2D eigenvalue weighted by Gasteiger charge is -2.37. The molecule has 1 unspecified atom stereocenters. The quantitative estimate of drug-likeness (QED) is 0.796. The first-order valence-electron chi connectivity index (χ1n) is 9.59. The van der Waals surface area contributed by atoms with Crippen molar-refractivity contribution >= 4 is 0 Å². The summed E-state index contributed by atoms with van der Waals surface area (Å²) in [6, 6.07) is 6.38. The van der Waals surface area contributed by atoms with Gasteiger partial charge in [-0.3, -0.25) is 9.88 Å². The molecule has 4 rings (SSSR count). The third-order valence-corrected chi connectivity index (χ3v) is 5.36. The third-order valence-electron chi connectivity index (χ3n) is 5.36. The number of imidazole rings is 1. The van der Waals surface area contributed by atoms with Gasteiger partial charge in [0, 0.05) is 44.7 Å². The van der Waals surface area contributed by atoms with E-state index in [4.69, 9.17) is 9.47 Å². The zero-order valence-electron chi connectivity index (χ0n) is 15.5. The Balaban J connectivity index is 1.35. The van der Waals surface area contributed by atoms with E-state index < -0.39 is 0 Å².